The zero-order chi connectivity index (χ0) is 21.8. The summed E-state index contributed by atoms with van der Waals surface area (Å²) < 4.78 is 33.0. The summed E-state index contributed by atoms with van der Waals surface area (Å²) in [6.45, 7) is -0.475. The highest BCUT2D eigenvalue weighted by molar-refractivity contribution is 7.18. The number of nitrogens with two attached hydrogens (primary N) is 1. The van der Waals surface area contributed by atoms with Gasteiger partial charge in [0.1, 0.15) is 27.9 Å². The Labute approximate surface area is 173 Å². The van der Waals surface area contributed by atoms with Gasteiger partial charge < -0.3 is 24.4 Å². The number of carbonyl (C=O) groups is 3. The van der Waals surface area contributed by atoms with E-state index >= 15 is 0 Å². The van der Waals surface area contributed by atoms with E-state index in [1.165, 1.54) is 24.3 Å². The molecule has 0 bridgehead atoms. The molecule has 2 N–H and O–H groups in total. The molecule has 3 aromatic rings. The topological polar surface area (TPSA) is 131 Å². The van der Waals surface area contributed by atoms with E-state index < -0.39 is 30.3 Å². The van der Waals surface area contributed by atoms with Crippen molar-refractivity contribution in [2.24, 2.45) is 0 Å². The lowest BCUT2D eigenvalue weighted by Gasteiger charge is -2.08. The predicted octanol–water partition coefficient (Wildman–Crippen LogP) is 3.05. The monoisotopic (exact) mass is 434 g/mol. The number of carbonyl (C=O) groups excluding carboxylic acids is 3. The molecule has 1 aromatic carbocycles. The number of benzene rings is 1. The number of hydrogen-bond acceptors (Lipinski definition) is 10. The van der Waals surface area contributed by atoms with Crippen molar-refractivity contribution >= 4 is 34.2 Å². The minimum Gasteiger partial charge on any atom is -0.465 e. The van der Waals surface area contributed by atoms with Crippen LogP contribution in [0.15, 0.2) is 35.1 Å². The van der Waals surface area contributed by atoms with Crippen LogP contribution in [0.3, 0.4) is 0 Å². The fourth-order valence-corrected chi connectivity index (χ4v) is 3.59. The highest BCUT2D eigenvalue weighted by atomic mass is 32.1. The van der Waals surface area contributed by atoms with Crippen LogP contribution in [0.5, 0.6) is 0 Å². The van der Waals surface area contributed by atoms with Crippen molar-refractivity contribution in [3.8, 4) is 11.3 Å². The van der Waals surface area contributed by atoms with Gasteiger partial charge in [-0.25, -0.2) is 23.8 Å². The number of anilines is 1. The Hall–Kier alpha value is -3.73. The molecule has 30 heavy (non-hydrogen) atoms. The van der Waals surface area contributed by atoms with E-state index in [0.29, 0.717) is 5.56 Å². The summed E-state index contributed by atoms with van der Waals surface area (Å²) in [4.78, 5) is 40.5. The Kier molecular flexibility index (Phi) is 6.11. The van der Waals surface area contributed by atoms with Crippen LogP contribution >= 0.6 is 11.3 Å². The number of rotatable bonds is 6. The third-order valence-electron chi connectivity index (χ3n) is 4.01. The average Bonchev–Trinajstić information content (AvgIpc) is 3.36. The van der Waals surface area contributed by atoms with Gasteiger partial charge in [-0.3, -0.25) is 0 Å². The van der Waals surface area contributed by atoms with E-state index in [9.17, 15) is 18.8 Å². The summed E-state index contributed by atoms with van der Waals surface area (Å²) in [7, 11) is 2.31. The van der Waals surface area contributed by atoms with Gasteiger partial charge in [0, 0.05) is 11.1 Å². The van der Waals surface area contributed by atoms with Gasteiger partial charge in [-0.15, -0.1) is 11.3 Å². The number of thiophene rings is 1. The van der Waals surface area contributed by atoms with Crippen molar-refractivity contribution in [3.63, 3.8) is 0 Å². The molecule has 0 aliphatic heterocycles. The molecule has 0 spiro atoms. The first-order valence-corrected chi connectivity index (χ1v) is 9.13. The number of ether oxygens (including phenoxy) is 3. The zero-order valence-corrected chi connectivity index (χ0v) is 16.6. The van der Waals surface area contributed by atoms with Crippen LogP contribution in [-0.4, -0.2) is 37.1 Å². The van der Waals surface area contributed by atoms with Crippen molar-refractivity contribution in [2.45, 2.75) is 6.61 Å². The van der Waals surface area contributed by atoms with Crippen LogP contribution in [0.1, 0.15) is 36.1 Å². The largest absolute Gasteiger partial charge is 0.465 e. The molecule has 0 aliphatic rings. The maximum absolute atomic E-state index is 13.1. The molecule has 0 fully saturated rings. The summed E-state index contributed by atoms with van der Waals surface area (Å²) >= 11 is 0.809. The quantitative estimate of drug-likeness (QED) is 0.459. The first kappa shape index (κ1) is 21.0. The Morgan fingerprint density at radius 3 is 2.40 bits per heavy atom. The number of methoxy groups -OCH3 is 2. The van der Waals surface area contributed by atoms with Crippen molar-refractivity contribution in [2.75, 3.05) is 20.0 Å². The van der Waals surface area contributed by atoms with Gasteiger partial charge in [0.25, 0.3) is 0 Å². The van der Waals surface area contributed by atoms with Crippen LogP contribution in [0.4, 0.5) is 9.39 Å². The molecular weight excluding hydrogens is 419 g/mol. The molecule has 11 heteroatoms. The maximum Gasteiger partial charge on any atom is 0.361 e. The van der Waals surface area contributed by atoms with E-state index in [0.717, 1.165) is 32.0 Å². The first-order valence-electron chi connectivity index (χ1n) is 8.31. The minimum atomic E-state index is -0.889. The summed E-state index contributed by atoms with van der Waals surface area (Å²) in [5.41, 5.74) is 6.05. The van der Waals surface area contributed by atoms with E-state index in [-0.39, 0.29) is 32.5 Å². The lowest BCUT2D eigenvalue weighted by molar-refractivity contribution is 0.0447. The molecule has 0 saturated carbocycles. The number of aromatic nitrogens is 1. The molecule has 0 radical (unpaired) electrons. The molecule has 9 nitrogen and oxygen atoms in total. The lowest BCUT2D eigenvalue weighted by Crippen LogP contribution is -2.13. The molecule has 0 amide bonds. The summed E-state index contributed by atoms with van der Waals surface area (Å²) in [6.07, 6.45) is 1.04. The van der Waals surface area contributed by atoms with Gasteiger partial charge in [0.05, 0.1) is 14.2 Å². The van der Waals surface area contributed by atoms with Gasteiger partial charge in [-0.2, -0.15) is 0 Å². The zero-order valence-electron chi connectivity index (χ0n) is 15.8. The summed E-state index contributed by atoms with van der Waals surface area (Å²) in [6, 6.07) is 5.23. The Morgan fingerprint density at radius 1 is 1.10 bits per heavy atom. The highest BCUT2D eigenvalue weighted by Gasteiger charge is 2.29. The lowest BCUT2D eigenvalue weighted by atomic mass is 10.1. The fraction of sp³-hybridized carbons (Fsp3) is 0.158. The van der Waals surface area contributed by atoms with Crippen molar-refractivity contribution in [1.29, 1.82) is 0 Å². The molecule has 2 aromatic heterocycles. The maximum atomic E-state index is 13.1. The first-order chi connectivity index (χ1) is 14.4. The van der Waals surface area contributed by atoms with Crippen molar-refractivity contribution in [1.82, 2.24) is 4.98 Å². The molecule has 0 saturated heterocycles. The van der Waals surface area contributed by atoms with Crippen molar-refractivity contribution in [3.05, 3.63) is 58.2 Å². The minimum absolute atomic E-state index is 0.00195. The van der Waals surface area contributed by atoms with Gasteiger partial charge in [-0.1, -0.05) is 0 Å². The van der Waals surface area contributed by atoms with Crippen LogP contribution in [-0.2, 0) is 20.8 Å². The molecule has 156 valence electrons. The SMILES string of the molecule is COC(=O)c1sc(N)c(C(=O)OC)c1COC(=O)c1ncoc1-c1ccc(F)cc1. The van der Waals surface area contributed by atoms with E-state index in [1.807, 2.05) is 0 Å². The Balaban J connectivity index is 1.89. The van der Waals surface area contributed by atoms with Crippen LogP contribution in [0, 0.1) is 5.82 Å². The number of nitrogen functional groups attached to an aromatic ring is 1. The van der Waals surface area contributed by atoms with E-state index in [2.05, 4.69) is 14.5 Å². The van der Waals surface area contributed by atoms with Gasteiger partial charge in [-0.05, 0) is 24.3 Å². The molecule has 0 atom stereocenters. The molecule has 2 heterocycles. The number of oxazole rings is 1. The fourth-order valence-electron chi connectivity index (χ4n) is 2.61. The van der Waals surface area contributed by atoms with Gasteiger partial charge >= 0.3 is 17.9 Å². The predicted molar refractivity (Wildman–Crippen MR) is 102 cm³/mol. The number of nitrogens with zero attached hydrogens (tertiary/aromatic N) is 1. The second kappa shape index (κ2) is 8.74. The second-order valence-electron chi connectivity index (χ2n) is 5.75. The Bertz CT molecular complexity index is 1100. The van der Waals surface area contributed by atoms with Crippen LogP contribution < -0.4 is 5.73 Å². The third-order valence-corrected chi connectivity index (χ3v) is 5.05. The van der Waals surface area contributed by atoms with Gasteiger partial charge in [0.15, 0.2) is 17.8 Å². The van der Waals surface area contributed by atoms with Crippen molar-refractivity contribution < 1.29 is 37.4 Å². The second-order valence-corrected chi connectivity index (χ2v) is 6.80. The number of hydrogen-bond donors (Lipinski definition) is 1. The van der Waals surface area contributed by atoms with Crippen LogP contribution in [0.2, 0.25) is 0 Å². The van der Waals surface area contributed by atoms with Crippen LogP contribution in [0.25, 0.3) is 11.3 Å². The van der Waals surface area contributed by atoms with E-state index in [4.69, 9.17) is 14.9 Å². The molecule has 3 rings (SSSR count). The normalized spacial score (nSPS) is 10.5. The van der Waals surface area contributed by atoms with E-state index in [1.54, 1.807) is 0 Å². The van der Waals surface area contributed by atoms with Gasteiger partial charge in [0.2, 0.25) is 0 Å². The highest BCUT2D eigenvalue weighted by Crippen LogP contribution is 2.33. The Morgan fingerprint density at radius 2 is 1.77 bits per heavy atom. The molecule has 0 unspecified atom stereocenters. The molecular formula is C19H15FN2O7S. The molecule has 0 aliphatic carbocycles. The summed E-state index contributed by atoms with van der Waals surface area (Å²) in [5.74, 6) is -2.81. The summed E-state index contributed by atoms with van der Waals surface area (Å²) in [5, 5.41) is 0.0155. The number of halogens is 1. The third kappa shape index (κ3) is 4.01. The average molecular weight is 434 g/mol. The number of esters is 3. The smallest absolute Gasteiger partial charge is 0.361 e. The standard InChI is InChI=1S/C19H15FN2O7S/c1-26-17(23)12-11(15(19(25)27-2)30-16(12)21)7-28-18(24)13-14(29-8-22-13)9-3-5-10(20)6-4-9/h3-6,8H,7,21H2,1-2H3.